The number of hydrogen-bond donors (Lipinski definition) is 1. The molecule has 2 aromatic rings. The van der Waals surface area contributed by atoms with Gasteiger partial charge >= 0.3 is 0 Å². The third kappa shape index (κ3) is 2.37. The quantitative estimate of drug-likeness (QED) is 0.491. The fourth-order valence-corrected chi connectivity index (χ4v) is 1.66. The lowest BCUT2D eigenvalue weighted by Gasteiger charge is -2.06. The van der Waals surface area contributed by atoms with Crippen molar-refractivity contribution in [2.75, 3.05) is 0 Å². The van der Waals surface area contributed by atoms with Crippen molar-refractivity contribution in [3.05, 3.63) is 70.8 Å². The van der Waals surface area contributed by atoms with Gasteiger partial charge in [-0.2, -0.15) is 0 Å². The Morgan fingerprint density at radius 2 is 1.72 bits per heavy atom. The van der Waals surface area contributed by atoms with Crippen molar-refractivity contribution in [1.82, 2.24) is 0 Å². The van der Waals surface area contributed by atoms with E-state index in [-0.39, 0.29) is 11.3 Å². The Hall–Kier alpha value is -2.23. The minimum atomic E-state index is -0.761. The first kappa shape index (κ1) is 12.2. The third-order valence-electron chi connectivity index (χ3n) is 2.61. The average molecular weight is 247 g/mol. The van der Waals surface area contributed by atoms with Gasteiger partial charge in [-0.25, -0.2) is 8.78 Å². The average Bonchev–Trinajstić information content (AvgIpc) is 2.35. The highest BCUT2D eigenvalue weighted by Gasteiger charge is 2.13. The largest absolute Gasteiger partial charge is 0.410 e. The summed E-state index contributed by atoms with van der Waals surface area (Å²) in [6, 6.07) is 10.2. The molecule has 0 atom stereocenters. The lowest BCUT2D eigenvalue weighted by atomic mass is 10.0. The van der Waals surface area contributed by atoms with E-state index >= 15 is 0 Å². The van der Waals surface area contributed by atoms with Gasteiger partial charge in [0.1, 0.15) is 17.3 Å². The summed E-state index contributed by atoms with van der Waals surface area (Å²) in [4.78, 5) is 0. The maximum atomic E-state index is 13.6. The Labute approximate surface area is 103 Å². The van der Waals surface area contributed by atoms with E-state index in [1.807, 2.05) is 19.1 Å². The van der Waals surface area contributed by atoms with Gasteiger partial charge in [-0.15, -0.1) is 0 Å². The van der Waals surface area contributed by atoms with Gasteiger partial charge in [0.2, 0.25) is 0 Å². The van der Waals surface area contributed by atoms with Crippen LogP contribution >= 0.6 is 0 Å². The zero-order valence-corrected chi connectivity index (χ0v) is 9.69. The molecular weight excluding hydrogens is 236 g/mol. The number of hydrogen-bond acceptors (Lipinski definition) is 2. The molecule has 0 amide bonds. The van der Waals surface area contributed by atoms with Crippen LogP contribution in [0.1, 0.15) is 16.7 Å². The third-order valence-corrected chi connectivity index (χ3v) is 2.61. The normalized spacial score (nSPS) is 11.6. The lowest BCUT2D eigenvalue weighted by molar-refractivity contribution is 0.319. The molecule has 1 N–H and O–H groups in total. The van der Waals surface area contributed by atoms with Crippen LogP contribution in [0.25, 0.3) is 0 Å². The van der Waals surface area contributed by atoms with Crippen molar-refractivity contribution in [3.8, 4) is 0 Å². The fraction of sp³-hybridized carbons (Fsp3) is 0.0714. The van der Waals surface area contributed by atoms with E-state index < -0.39 is 11.6 Å². The molecule has 0 radical (unpaired) electrons. The minimum absolute atomic E-state index is 0.0581. The van der Waals surface area contributed by atoms with Crippen molar-refractivity contribution in [3.63, 3.8) is 0 Å². The highest BCUT2D eigenvalue weighted by atomic mass is 19.1. The monoisotopic (exact) mass is 247 g/mol. The highest BCUT2D eigenvalue weighted by molar-refractivity contribution is 6.12. The van der Waals surface area contributed by atoms with Crippen molar-refractivity contribution in [2.24, 2.45) is 5.16 Å². The SMILES string of the molecule is Cc1ccc(/C(=N\O)c2ccc(F)cc2F)cc1. The standard InChI is InChI=1S/C14H11F2NO/c1-9-2-4-10(5-3-9)14(17-18)12-7-6-11(15)8-13(12)16/h2-8,18H,1H3/b17-14+. The van der Waals surface area contributed by atoms with E-state index in [4.69, 9.17) is 5.21 Å². The lowest BCUT2D eigenvalue weighted by Crippen LogP contribution is -2.06. The van der Waals surface area contributed by atoms with E-state index in [0.29, 0.717) is 5.56 Å². The second-order valence-electron chi connectivity index (χ2n) is 3.94. The number of halogens is 2. The van der Waals surface area contributed by atoms with Gasteiger partial charge in [0.25, 0.3) is 0 Å². The van der Waals surface area contributed by atoms with Gasteiger partial charge in [0.15, 0.2) is 0 Å². The smallest absolute Gasteiger partial charge is 0.135 e. The summed E-state index contributed by atoms with van der Waals surface area (Å²) < 4.78 is 26.4. The van der Waals surface area contributed by atoms with E-state index in [0.717, 1.165) is 17.7 Å². The van der Waals surface area contributed by atoms with Crippen LogP contribution in [0.15, 0.2) is 47.6 Å². The van der Waals surface area contributed by atoms with Gasteiger partial charge in [-0.05, 0) is 19.1 Å². The van der Waals surface area contributed by atoms with Gasteiger partial charge in [0.05, 0.1) is 0 Å². The Balaban J connectivity index is 2.49. The molecule has 0 aliphatic rings. The van der Waals surface area contributed by atoms with E-state index in [1.165, 1.54) is 6.07 Å². The molecule has 0 aliphatic carbocycles. The summed E-state index contributed by atoms with van der Waals surface area (Å²) in [6.45, 7) is 1.91. The maximum Gasteiger partial charge on any atom is 0.135 e. The van der Waals surface area contributed by atoms with Crippen LogP contribution in [0, 0.1) is 18.6 Å². The summed E-state index contributed by atoms with van der Waals surface area (Å²) in [5, 5.41) is 12.1. The summed E-state index contributed by atoms with van der Waals surface area (Å²) in [5.41, 5.74) is 1.74. The van der Waals surface area contributed by atoms with E-state index in [2.05, 4.69) is 5.16 Å². The van der Waals surface area contributed by atoms with Crippen LogP contribution in [-0.4, -0.2) is 10.9 Å². The van der Waals surface area contributed by atoms with Crippen LogP contribution < -0.4 is 0 Å². The first-order valence-corrected chi connectivity index (χ1v) is 5.36. The van der Waals surface area contributed by atoms with Crippen molar-refractivity contribution in [1.29, 1.82) is 0 Å². The molecule has 18 heavy (non-hydrogen) atoms. The molecule has 4 heteroatoms. The molecule has 0 heterocycles. The summed E-state index contributed by atoms with van der Waals surface area (Å²) in [7, 11) is 0. The van der Waals surface area contributed by atoms with Gasteiger partial charge in [0, 0.05) is 17.2 Å². The summed E-state index contributed by atoms with van der Waals surface area (Å²) >= 11 is 0. The molecule has 92 valence electrons. The van der Waals surface area contributed by atoms with Gasteiger partial charge < -0.3 is 5.21 Å². The van der Waals surface area contributed by atoms with Crippen molar-refractivity contribution in [2.45, 2.75) is 6.92 Å². The molecular formula is C14H11F2NO. The number of oxime groups is 1. The molecule has 0 saturated carbocycles. The predicted octanol–water partition coefficient (Wildman–Crippen LogP) is 3.50. The molecule has 0 bridgehead atoms. The zero-order chi connectivity index (χ0) is 13.1. The number of aryl methyl sites for hydroxylation is 1. The van der Waals surface area contributed by atoms with Crippen molar-refractivity contribution >= 4 is 5.71 Å². The van der Waals surface area contributed by atoms with E-state index in [1.54, 1.807) is 12.1 Å². The van der Waals surface area contributed by atoms with Crippen LogP contribution in [0.4, 0.5) is 8.78 Å². The van der Waals surface area contributed by atoms with Crippen LogP contribution in [-0.2, 0) is 0 Å². The molecule has 0 aliphatic heterocycles. The van der Waals surface area contributed by atoms with E-state index in [9.17, 15) is 8.78 Å². The van der Waals surface area contributed by atoms with Gasteiger partial charge in [-0.3, -0.25) is 0 Å². The summed E-state index contributed by atoms with van der Waals surface area (Å²) in [6.07, 6.45) is 0. The van der Waals surface area contributed by atoms with Crippen LogP contribution in [0.2, 0.25) is 0 Å². The molecule has 0 saturated heterocycles. The number of nitrogens with zero attached hydrogens (tertiary/aromatic N) is 1. The van der Waals surface area contributed by atoms with Crippen molar-refractivity contribution < 1.29 is 14.0 Å². The number of benzene rings is 2. The Kier molecular flexibility index (Phi) is 3.37. The number of rotatable bonds is 2. The first-order valence-electron chi connectivity index (χ1n) is 5.36. The second kappa shape index (κ2) is 4.96. The Morgan fingerprint density at radius 1 is 1.06 bits per heavy atom. The molecule has 2 aromatic carbocycles. The van der Waals surface area contributed by atoms with Crippen LogP contribution in [0.5, 0.6) is 0 Å². The maximum absolute atomic E-state index is 13.6. The van der Waals surface area contributed by atoms with Gasteiger partial charge in [-0.1, -0.05) is 35.0 Å². The molecule has 2 rings (SSSR count). The zero-order valence-electron chi connectivity index (χ0n) is 9.69. The molecule has 0 spiro atoms. The first-order chi connectivity index (χ1) is 8.61. The topological polar surface area (TPSA) is 32.6 Å². The Morgan fingerprint density at radius 3 is 2.28 bits per heavy atom. The second-order valence-corrected chi connectivity index (χ2v) is 3.94. The minimum Gasteiger partial charge on any atom is -0.410 e. The molecule has 2 nitrogen and oxygen atoms in total. The summed E-state index contributed by atoms with van der Waals surface area (Å²) in [5.74, 6) is -1.43. The highest BCUT2D eigenvalue weighted by Crippen LogP contribution is 2.16. The molecule has 0 unspecified atom stereocenters. The Bertz CT molecular complexity index is 591. The molecule has 0 aromatic heterocycles. The molecule has 0 fully saturated rings. The fourth-order valence-electron chi connectivity index (χ4n) is 1.66. The predicted molar refractivity (Wildman–Crippen MR) is 65.0 cm³/mol. The van der Waals surface area contributed by atoms with Crippen LogP contribution in [0.3, 0.4) is 0 Å².